The van der Waals surface area contributed by atoms with Gasteiger partial charge < -0.3 is 5.11 Å². The van der Waals surface area contributed by atoms with E-state index in [4.69, 9.17) is 5.11 Å². The van der Waals surface area contributed by atoms with E-state index in [0.717, 1.165) is 11.1 Å². The van der Waals surface area contributed by atoms with Gasteiger partial charge in [0, 0.05) is 12.6 Å². The Balaban J connectivity index is 3.02. The van der Waals surface area contributed by atoms with Gasteiger partial charge in [0.15, 0.2) is 0 Å². The zero-order valence-corrected chi connectivity index (χ0v) is 11.9. The summed E-state index contributed by atoms with van der Waals surface area (Å²) in [6.45, 7) is 5.52. The van der Waals surface area contributed by atoms with Crippen LogP contribution in [0.2, 0.25) is 0 Å². The predicted octanol–water partition coefficient (Wildman–Crippen LogP) is 1.74. The van der Waals surface area contributed by atoms with Crippen LogP contribution < -0.4 is 4.72 Å². The smallest absolute Gasteiger partial charge is 0.241 e. The van der Waals surface area contributed by atoms with E-state index in [1.807, 2.05) is 19.9 Å². The van der Waals surface area contributed by atoms with Crippen molar-refractivity contribution in [3.8, 4) is 0 Å². The van der Waals surface area contributed by atoms with Gasteiger partial charge in [0.2, 0.25) is 10.0 Å². The number of hydrogen-bond donors (Lipinski definition) is 2. The van der Waals surface area contributed by atoms with Crippen molar-refractivity contribution in [2.24, 2.45) is 0 Å². The number of aliphatic hydroxyl groups is 1. The summed E-state index contributed by atoms with van der Waals surface area (Å²) in [5.41, 5.74) is 1.64. The largest absolute Gasteiger partial charge is 0.396 e. The highest BCUT2D eigenvalue weighted by molar-refractivity contribution is 7.89. The molecule has 102 valence electrons. The van der Waals surface area contributed by atoms with Crippen molar-refractivity contribution in [1.82, 2.24) is 4.72 Å². The predicted molar refractivity (Wildman–Crippen MR) is 72.0 cm³/mol. The first-order valence-corrected chi connectivity index (χ1v) is 7.59. The van der Waals surface area contributed by atoms with Crippen molar-refractivity contribution in [2.45, 2.75) is 44.6 Å². The SMILES string of the molecule is CC[C@H](CCO)NS(=O)(=O)c1cc(C)ccc1C. The molecule has 18 heavy (non-hydrogen) atoms. The highest BCUT2D eigenvalue weighted by atomic mass is 32.2. The summed E-state index contributed by atoms with van der Waals surface area (Å²) in [6.07, 6.45) is 1.09. The van der Waals surface area contributed by atoms with E-state index in [1.165, 1.54) is 0 Å². The van der Waals surface area contributed by atoms with Crippen molar-refractivity contribution >= 4 is 10.0 Å². The summed E-state index contributed by atoms with van der Waals surface area (Å²) in [4.78, 5) is 0.318. The molecule has 5 heteroatoms. The van der Waals surface area contributed by atoms with Crippen molar-refractivity contribution in [3.63, 3.8) is 0 Å². The van der Waals surface area contributed by atoms with Gasteiger partial charge >= 0.3 is 0 Å². The highest BCUT2D eigenvalue weighted by Gasteiger charge is 2.20. The fourth-order valence-electron chi connectivity index (χ4n) is 1.78. The average molecular weight is 271 g/mol. The standard InChI is InChI=1S/C13H21NO3S/c1-4-12(7-8-15)14-18(16,17)13-9-10(2)5-6-11(13)3/h5-6,9,12,14-15H,4,7-8H2,1-3H3/t12-/m1/s1. The van der Waals surface area contributed by atoms with E-state index in [-0.39, 0.29) is 12.6 Å². The summed E-state index contributed by atoms with van der Waals surface area (Å²) in [6, 6.07) is 5.14. The molecule has 0 heterocycles. The minimum absolute atomic E-state index is 0.0200. The van der Waals surface area contributed by atoms with Gasteiger partial charge in [-0.1, -0.05) is 19.1 Å². The van der Waals surface area contributed by atoms with E-state index in [9.17, 15) is 8.42 Å². The molecule has 0 saturated heterocycles. The number of aliphatic hydroxyl groups excluding tert-OH is 1. The van der Waals surface area contributed by atoms with Gasteiger partial charge in [-0.05, 0) is 43.9 Å². The molecule has 1 aromatic carbocycles. The topological polar surface area (TPSA) is 66.4 Å². The lowest BCUT2D eigenvalue weighted by Gasteiger charge is -2.17. The molecule has 0 bridgehead atoms. The van der Waals surface area contributed by atoms with Gasteiger partial charge in [0.1, 0.15) is 0 Å². The molecule has 0 aliphatic rings. The Morgan fingerprint density at radius 3 is 2.56 bits per heavy atom. The van der Waals surface area contributed by atoms with Crippen LogP contribution in [0.1, 0.15) is 30.9 Å². The zero-order chi connectivity index (χ0) is 13.8. The molecule has 0 fully saturated rings. The van der Waals surface area contributed by atoms with E-state index >= 15 is 0 Å². The quantitative estimate of drug-likeness (QED) is 0.828. The first-order chi connectivity index (χ1) is 8.40. The van der Waals surface area contributed by atoms with Crippen LogP contribution in [0, 0.1) is 13.8 Å². The van der Waals surface area contributed by atoms with E-state index in [1.54, 1.807) is 19.1 Å². The number of sulfonamides is 1. The minimum Gasteiger partial charge on any atom is -0.396 e. The number of benzene rings is 1. The first-order valence-electron chi connectivity index (χ1n) is 6.11. The number of hydrogen-bond acceptors (Lipinski definition) is 3. The van der Waals surface area contributed by atoms with Crippen LogP contribution in [0.5, 0.6) is 0 Å². The fourth-order valence-corrected chi connectivity index (χ4v) is 3.47. The van der Waals surface area contributed by atoms with Crippen LogP contribution in [0.25, 0.3) is 0 Å². The fraction of sp³-hybridized carbons (Fsp3) is 0.538. The van der Waals surface area contributed by atoms with Crippen molar-refractivity contribution in [2.75, 3.05) is 6.61 Å². The molecule has 0 amide bonds. The maximum atomic E-state index is 12.3. The molecule has 0 aromatic heterocycles. The van der Waals surface area contributed by atoms with Gasteiger partial charge in [-0.2, -0.15) is 0 Å². The molecular formula is C13H21NO3S. The Morgan fingerprint density at radius 1 is 1.33 bits per heavy atom. The summed E-state index contributed by atoms with van der Waals surface area (Å²) >= 11 is 0. The molecule has 0 spiro atoms. The summed E-state index contributed by atoms with van der Waals surface area (Å²) < 4.78 is 27.2. The van der Waals surface area contributed by atoms with Crippen LogP contribution in [0.3, 0.4) is 0 Å². The van der Waals surface area contributed by atoms with Gasteiger partial charge in [0.25, 0.3) is 0 Å². The number of nitrogens with one attached hydrogen (secondary N) is 1. The molecular weight excluding hydrogens is 250 g/mol. The average Bonchev–Trinajstić information content (AvgIpc) is 2.31. The Kier molecular flexibility index (Phi) is 5.31. The molecule has 0 radical (unpaired) electrons. The lowest BCUT2D eigenvalue weighted by atomic mass is 10.2. The molecule has 1 rings (SSSR count). The monoisotopic (exact) mass is 271 g/mol. The lowest BCUT2D eigenvalue weighted by Crippen LogP contribution is -2.35. The Bertz CT molecular complexity index is 497. The third kappa shape index (κ3) is 3.80. The van der Waals surface area contributed by atoms with Crippen molar-refractivity contribution in [1.29, 1.82) is 0 Å². The molecule has 0 unspecified atom stereocenters. The van der Waals surface area contributed by atoms with Crippen LogP contribution in [-0.2, 0) is 10.0 Å². The van der Waals surface area contributed by atoms with Crippen LogP contribution in [-0.4, -0.2) is 26.2 Å². The van der Waals surface area contributed by atoms with E-state index in [2.05, 4.69) is 4.72 Å². The molecule has 0 aliphatic carbocycles. The zero-order valence-electron chi connectivity index (χ0n) is 11.1. The van der Waals surface area contributed by atoms with Crippen LogP contribution in [0.4, 0.5) is 0 Å². The second kappa shape index (κ2) is 6.31. The second-order valence-electron chi connectivity index (χ2n) is 4.51. The number of aryl methyl sites for hydroxylation is 2. The molecule has 0 saturated carbocycles. The minimum atomic E-state index is -3.51. The Morgan fingerprint density at radius 2 is 2.00 bits per heavy atom. The number of rotatable bonds is 6. The van der Waals surface area contributed by atoms with Gasteiger partial charge in [-0.3, -0.25) is 0 Å². The van der Waals surface area contributed by atoms with E-state index < -0.39 is 10.0 Å². The maximum Gasteiger partial charge on any atom is 0.241 e. The Hall–Kier alpha value is -0.910. The molecule has 0 aliphatic heterocycles. The van der Waals surface area contributed by atoms with Crippen LogP contribution >= 0.6 is 0 Å². The lowest BCUT2D eigenvalue weighted by molar-refractivity contribution is 0.270. The molecule has 4 nitrogen and oxygen atoms in total. The second-order valence-corrected chi connectivity index (χ2v) is 6.19. The molecule has 1 aromatic rings. The normalized spacial score (nSPS) is 13.6. The maximum absolute atomic E-state index is 12.3. The van der Waals surface area contributed by atoms with Gasteiger partial charge in [-0.25, -0.2) is 13.1 Å². The Labute approximate surface area is 109 Å². The van der Waals surface area contributed by atoms with Gasteiger partial charge in [0.05, 0.1) is 4.90 Å². The first kappa shape index (κ1) is 15.1. The summed E-state index contributed by atoms with van der Waals surface area (Å²) in [7, 11) is -3.51. The van der Waals surface area contributed by atoms with Crippen molar-refractivity contribution < 1.29 is 13.5 Å². The van der Waals surface area contributed by atoms with E-state index in [0.29, 0.717) is 17.7 Å². The third-order valence-electron chi connectivity index (χ3n) is 2.93. The van der Waals surface area contributed by atoms with Crippen molar-refractivity contribution in [3.05, 3.63) is 29.3 Å². The highest BCUT2D eigenvalue weighted by Crippen LogP contribution is 2.17. The molecule has 2 N–H and O–H groups in total. The third-order valence-corrected chi connectivity index (χ3v) is 4.59. The van der Waals surface area contributed by atoms with Crippen LogP contribution in [0.15, 0.2) is 23.1 Å². The van der Waals surface area contributed by atoms with Gasteiger partial charge in [-0.15, -0.1) is 0 Å². The molecule has 1 atom stereocenters. The summed E-state index contributed by atoms with van der Waals surface area (Å²) in [5.74, 6) is 0. The summed E-state index contributed by atoms with van der Waals surface area (Å²) in [5, 5.41) is 8.90.